The monoisotopic (exact) mass is 240 g/mol. The third-order valence-electron chi connectivity index (χ3n) is 2.48. The number of hydrogen-bond donors (Lipinski definition) is 1. The Hall–Kier alpha value is -1.02. The van der Waals surface area contributed by atoms with E-state index in [-0.39, 0.29) is 5.88 Å². The maximum absolute atomic E-state index is 10.9. The molecule has 2 nitrogen and oxygen atoms in total. The lowest BCUT2D eigenvalue weighted by Gasteiger charge is -2.10. The molecular formula is C13H17ClO2. The third-order valence-corrected chi connectivity index (χ3v) is 2.79. The first-order valence-electron chi connectivity index (χ1n) is 5.42. The minimum Gasteiger partial charge on any atom is -0.481 e. The van der Waals surface area contributed by atoms with Crippen molar-refractivity contribution in [2.24, 2.45) is 5.92 Å². The van der Waals surface area contributed by atoms with Crippen LogP contribution in [0.25, 0.3) is 0 Å². The first kappa shape index (κ1) is 13.0. The first-order valence-corrected chi connectivity index (χ1v) is 5.95. The molecule has 0 saturated carbocycles. The normalized spacial score (nSPS) is 12.8. The molecule has 0 bridgehead atoms. The molecule has 1 atom stereocenters. The van der Waals surface area contributed by atoms with E-state index in [0.29, 0.717) is 5.92 Å². The van der Waals surface area contributed by atoms with Gasteiger partial charge in [-0.15, -0.1) is 11.6 Å². The molecule has 3 heteroatoms. The summed E-state index contributed by atoms with van der Waals surface area (Å²) < 4.78 is 0. The Morgan fingerprint density at radius 1 is 1.31 bits per heavy atom. The summed E-state index contributed by atoms with van der Waals surface area (Å²) in [6.45, 7) is 4.32. The molecule has 0 saturated heterocycles. The van der Waals surface area contributed by atoms with Gasteiger partial charge in [0.05, 0.1) is 5.92 Å². The predicted octanol–water partition coefficient (Wildman–Crippen LogP) is 3.29. The van der Waals surface area contributed by atoms with Gasteiger partial charge in [-0.25, -0.2) is 0 Å². The highest BCUT2D eigenvalue weighted by molar-refractivity contribution is 6.19. The van der Waals surface area contributed by atoms with E-state index in [2.05, 4.69) is 13.8 Å². The standard InChI is InChI=1S/C13H17ClO2/c1-9(2)7-10-3-5-11(6-4-10)12(8-14)13(15)16/h3-6,9,12H,7-8H2,1-2H3,(H,15,16). The lowest BCUT2D eigenvalue weighted by atomic mass is 9.97. The van der Waals surface area contributed by atoms with Crippen molar-refractivity contribution < 1.29 is 9.90 Å². The van der Waals surface area contributed by atoms with Crippen LogP contribution in [0.2, 0.25) is 0 Å². The number of carbonyl (C=O) groups is 1. The van der Waals surface area contributed by atoms with Crippen LogP contribution in [0, 0.1) is 5.92 Å². The minimum absolute atomic E-state index is 0.110. The van der Waals surface area contributed by atoms with E-state index in [0.717, 1.165) is 12.0 Å². The van der Waals surface area contributed by atoms with Gasteiger partial charge < -0.3 is 5.11 Å². The van der Waals surface area contributed by atoms with E-state index >= 15 is 0 Å². The van der Waals surface area contributed by atoms with Gasteiger partial charge in [-0.3, -0.25) is 4.79 Å². The summed E-state index contributed by atoms with van der Waals surface area (Å²) in [5.41, 5.74) is 2.01. The average Bonchev–Trinajstić information content (AvgIpc) is 2.20. The summed E-state index contributed by atoms with van der Waals surface area (Å²) in [6.07, 6.45) is 1.01. The van der Waals surface area contributed by atoms with Gasteiger partial charge in [-0.2, -0.15) is 0 Å². The van der Waals surface area contributed by atoms with Gasteiger partial charge in [0.15, 0.2) is 0 Å². The number of alkyl halides is 1. The zero-order chi connectivity index (χ0) is 12.1. The summed E-state index contributed by atoms with van der Waals surface area (Å²) in [5, 5.41) is 8.96. The van der Waals surface area contributed by atoms with Crippen molar-refractivity contribution in [3.63, 3.8) is 0 Å². The molecule has 1 aromatic rings. The van der Waals surface area contributed by atoms with Crippen LogP contribution in [0.4, 0.5) is 0 Å². The van der Waals surface area contributed by atoms with Crippen LogP contribution in [-0.2, 0) is 11.2 Å². The van der Waals surface area contributed by atoms with Crippen molar-refractivity contribution in [1.29, 1.82) is 0 Å². The van der Waals surface area contributed by atoms with Crippen molar-refractivity contribution in [2.45, 2.75) is 26.2 Å². The molecule has 0 amide bonds. The van der Waals surface area contributed by atoms with Gasteiger partial charge in [0, 0.05) is 5.88 Å². The van der Waals surface area contributed by atoms with Gasteiger partial charge in [-0.1, -0.05) is 38.1 Å². The molecule has 0 radical (unpaired) electrons. The van der Waals surface area contributed by atoms with Crippen molar-refractivity contribution in [3.8, 4) is 0 Å². The second-order valence-electron chi connectivity index (χ2n) is 4.38. The number of aliphatic carboxylic acids is 1. The fraction of sp³-hybridized carbons (Fsp3) is 0.462. The lowest BCUT2D eigenvalue weighted by molar-refractivity contribution is -0.138. The molecule has 1 N–H and O–H groups in total. The van der Waals surface area contributed by atoms with Gasteiger partial charge >= 0.3 is 5.97 Å². The highest BCUT2D eigenvalue weighted by Crippen LogP contribution is 2.19. The van der Waals surface area contributed by atoms with Gasteiger partial charge in [0.25, 0.3) is 0 Å². The number of carboxylic acids is 1. The molecule has 0 aliphatic rings. The number of rotatable bonds is 5. The number of hydrogen-bond acceptors (Lipinski definition) is 1. The molecule has 88 valence electrons. The van der Waals surface area contributed by atoms with Gasteiger partial charge in [0.2, 0.25) is 0 Å². The summed E-state index contributed by atoms with van der Waals surface area (Å²) in [7, 11) is 0. The molecule has 1 unspecified atom stereocenters. The second kappa shape index (κ2) is 5.90. The van der Waals surface area contributed by atoms with E-state index in [1.807, 2.05) is 24.3 Å². The van der Waals surface area contributed by atoms with Crippen molar-refractivity contribution in [3.05, 3.63) is 35.4 Å². The zero-order valence-corrected chi connectivity index (χ0v) is 10.4. The fourth-order valence-electron chi connectivity index (χ4n) is 1.66. The molecular weight excluding hydrogens is 224 g/mol. The van der Waals surface area contributed by atoms with Crippen LogP contribution in [0.5, 0.6) is 0 Å². The van der Waals surface area contributed by atoms with E-state index in [4.69, 9.17) is 16.7 Å². The Kier molecular flexibility index (Phi) is 4.81. The Morgan fingerprint density at radius 3 is 2.25 bits per heavy atom. The van der Waals surface area contributed by atoms with E-state index in [1.54, 1.807) is 0 Å². The molecule has 16 heavy (non-hydrogen) atoms. The largest absolute Gasteiger partial charge is 0.481 e. The first-order chi connectivity index (χ1) is 7.54. The number of benzene rings is 1. The van der Waals surface area contributed by atoms with Crippen molar-refractivity contribution >= 4 is 17.6 Å². The molecule has 0 spiro atoms. The van der Waals surface area contributed by atoms with Crippen LogP contribution in [-0.4, -0.2) is 17.0 Å². The second-order valence-corrected chi connectivity index (χ2v) is 4.69. The van der Waals surface area contributed by atoms with E-state index in [1.165, 1.54) is 5.56 Å². The minimum atomic E-state index is -0.869. The quantitative estimate of drug-likeness (QED) is 0.802. The highest BCUT2D eigenvalue weighted by Gasteiger charge is 2.18. The van der Waals surface area contributed by atoms with Crippen LogP contribution in [0.15, 0.2) is 24.3 Å². The highest BCUT2D eigenvalue weighted by atomic mass is 35.5. The van der Waals surface area contributed by atoms with Crippen LogP contribution in [0.1, 0.15) is 30.9 Å². The number of halogens is 1. The molecule has 0 aliphatic carbocycles. The molecule has 0 aromatic heterocycles. The third kappa shape index (κ3) is 3.53. The maximum Gasteiger partial charge on any atom is 0.312 e. The van der Waals surface area contributed by atoms with Crippen molar-refractivity contribution in [2.75, 3.05) is 5.88 Å². The molecule has 0 heterocycles. The van der Waals surface area contributed by atoms with Crippen LogP contribution >= 0.6 is 11.6 Å². The van der Waals surface area contributed by atoms with Gasteiger partial charge in [0.1, 0.15) is 0 Å². The maximum atomic E-state index is 10.9. The van der Waals surface area contributed by atoms with E-state index in [9.17, 15) is 4.79 Å². The molecule has 1 aromatic carbocycles. The lowest BCUT2D eigenvalue weighted by Crippen LogP contribution is -2.13. The Labute approximate surface area is 101 Å². The smallest absolute Gasteiger partial charge is 0.312 e. The fourth-order valence-corrected chi connectivity index (χ4v) is 1.97. The average molecular weight is 241 g/mol. The van der Waals surface area contributed by atoms with Crippen molar-refractivity contribution in [1.82, 2.24) is 0 Å². The Bertz CT molecular complexity index is 343. The summed E-state index contributed by atoms with van der Waals surface area (Å²) in [6, 6.07) is 7.69. The predicted molar refractivity (Wildman–Crippen MR) is 66.1 cm³/mol. The summed E-state index contributed by atoms with van der Waals surface area (Å²) in [5.74, 6) is -0.755. The number of carboxylic acid groups (broad SMARTS) is 1. The molecule has 0 aliphatic heterocycles. The zero-order valence-electron chi connectivity index (χ0n) is 9.61. The Morgan fingerprint density at radius 2 is 1.88 bits per heavy atom. The summed E-state index contributed by atoms with van der Waals surface area (Å²) >= 11 is 5.64. The van der Waals surface area contributed by atoms with Gasteiger partial charge in [-0.05, 0) is 23.5 Å². The van der Waals surface area contributed by atoms with Crippen LogP contribution in [0.3, 0.4) is 0 Å². The van der Waals surface area contributed by atoms with E-state index < -0.39 is 11.9 Å². The molecule has 1 rings (SSSR count). The van der Waals surface area contributed by atoms with Crippen LogP contribution < -0.4 is 0 Å². The molecule has 0 fully saturated rings. The Balaban J connectivity index is 2.81. The topological polar surface area (TPSA) is 37.3 Å². The summed E-state index contributed by atoms with van der Waals surface area (Å²) in [4.78, 5) is 10.9. The SMILES string of the molecule is CC(C)Cc1ccc(C(CCl)C(=O)O)cc1.